The molecule has 0 radical (unpaired) electrons. The molecule has 0 N–H and O–H groups in total. The van der Waals surface area contributed by atoms with Crippen LogP contribution in [0.4, 0.5) is 13.2 Å². The van der Waals surface area contributed by atoms with E-state index < -0.39 is 11.7 Å². The molecule has 2 aromatic carbocycles. The Kier molecular flexibility index (Phi) is 7.16. The van der Waals surface area contributed by atoms with E-state index >= 15 is 0 Å². The number of nitrogens with zero attached hydrogens (tertiary/aromatic N) is 2. The van der Waals surface area contributed by atoms with Gasteiger partial charge < -0.3 is 9.64 Å². The Hall–Kier alpha value is -2.05. The van der Waals surface area contributed by atoms with Gasteiger partial charge >= 0.3 is 6.18 Å². The van der Waals surface area contributed by atoms with Crippen LogP contribution in [0.25, 0.3) is 0 Å². The Morgan fingerprint density at radius 1 is 0.882 bits per heavy atom. The standard InChI is InChI=1S/C28H35F3N2O/c29-28(30,31)22-9-6-8-21(18-22)26-20-33-16-5-2-10-27(33)25-19-23(11-12-24(25)26)34-17-7-15-32-13-3-1-4-14-32/h6,8-9,11-12,18-19,26-27H,1-5,7,10,13-17,20H2/t26-,27+/m1/s1. The van der Waals surface area contributed by atoms with E-state index in [2.05, 4.69) is 21.9 Å². The number of piperidine rings is 2. The molecule has 34 heavy (non-hydrogen) atoms. The quantitative estimate of drug-likeness (QED) is 0.439. The molecule has 0 aliphatic carbocycles. The van der Waals surface area contributed by atoms with Crippen molar-refractivity contribution in [2.75, 3.05) is 39.3 Å². The molecule has 0 saturated carbocycles. The smallest absolute Gasteiger partial charge is 0.416 e. The van der Waals surface area contributed by atoms with Crippen LogP contribution in [-0.4, -0.2) is 49.1 Å². The molecule has 3 heterocycles. The van der Waals surface area contributed by atoms with Crippen LogP contribution in [0, 0.1) is 0 Å². The number of ether oxygens (including phenoxy) is 1. The zero-order chi connectivity index (χ0) is 23.5. The zero-order valence-corrected chi connectivity index (χ0v) is 19.8. The first-order valence-corrected chi connectivity index (χ1v) is 12.9. The lowest BCUT2D eigenvalue weighted by Crippen LogP contribution is -2.41. The lowest BCUT2D eigenvalue weighted by molar-refractivity contribution is -0.137. The van der Waals surface area contributed by atoms with E-state index in [-0.39, 0.29) is 5.92 Å². The lowest BCUT2D eigenvalue weighted by atomic mass is 9.78. The van der Waals surface area contributed by atoms with Crippen molar-refractivity contribution >= 4 is 0 Å². The monoisotopic (exact) mass is 472 g/mol. The third kappa shape index (κ3) is 5.28. The largest absolute Gasteiger partial charge is 0.494 e. The van der Waals surface area contributed by atoms with Gasteiger partial charge in [0.1, 0.15) is 5.75 Å². The normalized spacial score (nSPS) is 23.9. The number of likely N-dealkylation sites (tertiary alicyclic amines) is 1. The third-order valence-corrected chi connectivity index (χ3v) is 7.78. The molecule has 0 unspecified atom stereocenters. The van der Waals surface area contributed by atoms with E-state index in [4.69, 9.17) is 4.74 Å². The summed E-state index contributed by atoms with van der Waals surface area (Å²) in [6, 6.07) is 12.5. The highest BCUT2D eigenvalue weighted by atomic mass is 19.4. The van der Waals surface area contributed by atoms with Crippen molar-refractivity contribution < 1.29 is 17.9 Å². The fraction of sp³-hybridized carbons (Fsp3) is 0.571. The highest BCUT2D eigenvalue weighted by molar-refractivity contribution is 5.47. The SMILES string of the molecule is FC(F)(F)c1cccc([C@H]2CN3CCCC[C@H]3c3cc(OCCCN4CCCCC4)ccc32)c1. The van der Waals surface area contributed by atoms with E-state index in [0.29, 0.717) is 12.6 Å². The molecule has 0 amide bonds. The summed E-state index contributed by atoms with van der Waals surface area (Å²) in [6.45, 7) is 5.95. The Labute approximate surface area is 200 Å². The Balaban J connectivity index is 1.34. The average Bonchev–Trinajstić information content (AvgIpc) is 2.86. The number of rotatable bonds is 6. The second-order valence-electron chi connectivity index (χ2n) is 10.1. The average molecular weight is 473 g/mol. The number of fused-ring (bicyclic) bond motifs is 3. The molecule has 2 aromatic rings. The molecule has 0 aromatic heterocycles. The van der Waals surface area contributed by atoms with Gasteiger partial charge in [0.25, 0.3) is 0 Å². The summed E-state index contributed by atoms with van der Waals surface area (Å²) in [6.07, 6.45) is 4.08. The van der Waals surface area contributed by atoms with Gasteiger partial charge in [0.2, 0.25) is 0 Å². The van der Waals surface area contributed by atoms with Crippen LogP contribution in [0.1, 0.15) is 79.2 Å². The lowest BCUT2D eigenvalue weighted by Gasteiger charge is -2.44. The molecule has 184 valence electrons. The molecular formula is C28H35F3N2O. The number of hydrogen-bond acceptors (Lipinski definition) is 3. The minimum absolute atomic E-state index is 0.0557. The van der Waals surface area contributed by atoms with Crippen LogP contribution in [0.15, 0.2) is 42.5 Å². The van der Waals surface area contributed by atoms with E-state index in [0.717, 1.165) is 61.8 Å². The van der Waals surface area contributed by atoms with E-state index in [1.54, 1.807) is 6.07 Å². The second-order valence-corrected chi connectivity index (χ2v) is 10.1. The number of alkyl halides is 3. The Bertz CT molecular complexity index is 970. The predicted octanol–water partition coefficient (Wildman–Crippen LogP) is 6.63. The molecule has 2 saturated heterocycles. The van der Waals surface area contributed by atoms with Crippen molar-refractivity contribution in [3.63, 3.8) is 0 Å². The topological polar surface area (TPSA) is 15.7 Å². The maximum atomic E-state index is 13.4. The van der Waals surface area contributed by atoms with Gasteiger partial charge in [-0.25, -0.2) is 0 Å². The van der Waals surface area contributed by atoms with E-state index in [9.17, 15) is 13.2 Å². The van der Waals surface area contributed by atoms with Gasteiger partial charge in [-0.15, -0.1) is 0 Å². The van der Waals surface area contributed by atoms with Gasteiger partial charge in [0.15, 0.2) is 0 Å². The van der Waals surface area contributed by atoms with Gasteiger partial charge in [-0.1, -0.05) is 37.1 Å². The van der Waals surface area contributed by atoms with Gasteiger partial charge in [0, 0.05) is 25.0 Å². The highest BCUT2D eigenvalue weighted by Crippen LogP contribution is 2.45. The molecule has 3 aliphatic rings. The van der Waals surface area contributed by atoms with Gasteiger partial charge in [-0.05, 0) is 86.6 Å². The first-order valence-electron chi connectivity index (χ1n) is 12.9. The van der Waals surface area contributed by atoms with Crippen molar-refractivity contribution in [2.24, 2.45) is 0 Å². The van der Waals surface area contributed by atoms with Gasteiger partial charge in [-0.2, -0.15) is 13.2 Å². The molecule has 3 aliphatic heterocycles. The minimum Gasteiger partial charge on any atom is -0.494 e. The molecule has 2 fully saturated rings. The minimum atomic E-state index is -4.33. The van der Waals surface area contributed by atoms with Crippen LogP contribution in [0.3, 0.4) is 0 Å². The van der Waals surface area contributed by atoms with Gasteiger partial charge in [-0.3, -0.25) is 4.90 Å². The van der Waals surface area contributed by atoms with E-state index in [1.165, 1.54) is 50.4 Å². The van der Waals surface area contributed by atoms with Crippen molar-refractivity contribution in [2.45, 2.75) is 63.1 Å². The van der Waals surface area contributed by atoms with Crippen LogP contribution in [-0.2, 0) is 6.18 Å². The number of hydrogen-bond donors (Lipinski definition) is 0. The number of benzene rings is 2. The van der Waals surface area contributed by atoms with E-state index in [1.807, 2.05) is 12.1 Å². The van der Waals surface area contributed by atoms with Crippen molar-refractivity contribution in [3.8, 4) is 5.75 Å². The molecule has 2 atom stereocenters. The molecule has 0 bridgehead atoms. The summed E-state index contributed by atoms with van der Waals surface area (Å²) in [5, 5.41) is 0. The number of halogens is 3. The van der Waals surface area contributed by atoms with Crippen LogP contribution in [0.5, 0.6) is 5.75 Å². The first-order chi connectivity index (χ1) is 16.5. The molecule has 0 spiro atoms. The van der Waals surface area contributed by atoms with Gasteiger partial charge in [0.05, 0.1) is 12.2 Å². The van der Waals surface area contributed by atoms with Crippen molar-refractivity contribution in [1.29, 1.82) is 0 Å². The summed E-state index contributed by atoms with van der Waals surface area (Å²) in [5.41, 5.74) is 2.57. The summed E-state index contributed by atoms with van der Waals surface area (Å²) in [7, 11) is 0. The maximum absolute atomic E-state index is 13.4. The summed E-state index contributed by atoms with van der Waals surface area (Å²) < 4.78 is 46.3. The summed E-state index contributed by atoms with van der Waals surface area (Å²) >= 11 is 0. The second kappa shape index (κ2) is 10.3. The zero-order valence-electron chi connectivity index (χ0n) is 19.8. The molecule has 5 rings (SSSR count). The summed E-state index contributed by atoms with van der Waals surface area (Å²) in [5.74, 6) is 0.826. The Morgan fingerprint density at radius 2 is 1.71 bits per heavy atom. The first kappa shape index (κ1) is 23.7. The molecule has 6 heteroatoms. The summed E-state index contributed by atoms with van der Waals surface area (Å²) in [4.78, 5) is 5.00. The van der Waals surface area contributed by atoms with Crippen LogP contribution < -0.4 is 4.74 Å². The molecule has 3 nitrogen and oxygen atoms in total. The van der Waals surface area contributed by atoms with Crippen molar-refractivity contribution in [3.05, 3.63) is 64.7 Å². The maximum Gasteiger partial charge on any atom is 0.416 e. The fourth-order valence-electron chi connectivity index (χ4n) is 6.02. The highest BCUT2D eigenvalue weighted by Gasteiger charge is 2.37. The van der Waals surface area contributed by atoms with Crippen molar-refractivity contribution in [1.82, 2.24) is 9.80 Å². The Morgan fingerprint density at radius 3 is 2.53 bits per heavy atom. The van der Waals surface area contributed by atoms with Crippen LogP contribution in [0.2, 0.25) is 0 Å². The molecular weight excluding hydrogens is 437 g/mol. The van der Waals surface area contributed by atoms with Crippen LogP contribution >= 0.6 is 0 Å². The third-order valence-electron chi connectivity index (χ3n) is 7.78. The predicted molar refractivity (Wildman–Crippen MR) is 128 cm³/mol. The fourth-order valence-corrected chi connectivity index (χ4v) is 6.02.